The fraction of sp³-hybridized carbons (Fsp3) is 0.684. The van der Waals surface area contributed by atoms with E-state index in [-0.39, 0.29) is 24.3 Å². The van der Waals surface area contributed by atoms with Crippen LogP contribution in [0, 0.1) is 5.92 Å². The van der Waals surface area contributed by atoms with E-state index < -0.39 is 28.1 Å². The van der Waals surface area contributed by atoms with Gasteiger partial charge in [-0.3, -0.25) is 0 Å². The molecule has 3 rings (SSSR count). The molecule has 2 aromatic rings. The van der Waals surface area contributed by atoms with E-state index in [1.807, 2.05) is 19.3 Å². The van der Waals surface area contributed by atoms with Gasteiger partial charge in [0.15, 0.2) is 0 Å². The molecule has 1 atom stereocenters. The van der Waals surface area contributed by atoms with Crippen LogP contribution in [0.25, 0.3) is 11.0 Å². The Bertz CT molecular complexity index is 927. The summed E-state index contributed by atoms with van der Waals surface area (Å²) < 4.78 is 54.9. The molecule has 0 radical (unpaired) electrons. The second-order valence-corrected chi connectivity index (χ2v) is 10.2. The summed E-state index contributed by atoms with van der Waals surface area (Å²) in [5.41, 5.74) is 0.793. The number of hydrogen-bond donors (Lipinski definition) is 1. The first-order valence-corrected chi connectivity index (χ1v) is 11.8. The Morgan fingerprint density at radius 1 is 1.28 bits per heavy atom. The standard InChI is InChI=1S/C19H28F3N5OS/c1-3-26-29(28,11-9-19(20,21)22)12-14-4-6-15(7-5-14)27(2)18-16-8-10-23-17(16)24-13-25-18/h8,10,13-15H,3-7,9,11-12H2,1-2H3,(H,23,24,25). The van der Waals surface area contributed by atoms with Crippen LogP contribution in [0.15, 0.2) is 23.0 Å². The highest BCUT2D eigenvalue weighted by atomic mass is 32.2. The molecule has 29 heavy (non-hydrogen) atoms. The molecular weight excluding hydrogens is 403 g/mol. The van der Waals surface area contributed by atoms with Crippen molar-refractivity contribution in [2.45, 2.75) is 51.2 Å². The van der Waals surface area contributed by atoms with E-state index in [1.165, 1.54) is 0 Å². The fourth-order valence-electron chi connectivity index (χ4n) is 4.09. The van der Waals surface area contributed by atoms with Gasteiger partial charge in [-0.1, -0.05) is 0 Å². The molecule has 0 amide bonds. The predicted molar refractivity (Wildman–Crippen MR) is 110 cm³/mol. The van der Waals surface area contributed by atoms with E-state index in [0.29, 0.717) is 0 Å². The molecule has 1 N–H and O–H groups in total. The maximum Gasteiger partial charge on any atom is 0.390 e. The number of hydrogen-bond acceptors (Lipinski definition) is 5. The van der Waals surface area contributed by atoms with Crippen LogP contribution < -0.4 is 4.90 Å². The Balaban J connectivity index is 1.61. The van der Waals surface area contributed by atoms with E-state index in [0.717, 1.165) is 42.5 Å². The van der Waals surface area contributed by atoms with Crippen molar-refractivity contribution < 1.29 is 17.4 Å². The average molecular weight is 432 g/mol. The molecule has 2 heterocycles. The van der Waals surface area contributed by atoms with Gasteiger partial charge in [0.1, 0.15) is 17.8 Å². The van der Waals surface area contributed by atoms with E-state index in [1.54, 1.807) is 13.3 Å². The zero-order valence-corrected chi connectivity index (χ0v) is 17.6. The molecule has 1 fully saturated rings. The van der Waals surface area contributed by atoms with Crippen LogP contribution in [0.4, 0.5) is 19.0 Å². The lowest BCUT2D eigenvalue weighted by atomic mass is 9.86. The SMILES string of the molecule is CCN=S(=O)(CCC(F)(F)F)CC1CCC(N(C)c2ncnc3[nH]ccc23)CC1. The van der Waals surface area contributed by atoms with Gasteiger partial charge in [0.05, 0.1) is 11.8 Å². The number of nitrogens with zero attached hydrogens (tertiary/aromatic N) is 4. The molecule has 0 saturated heterocycles. The minimum Gasteiger partial charge on any atom is -0.356 e. The molecule has 0 bridgehead atoms. The summed E-state index contributed by atoms with van der Waals surface area (Å²) in [6.07, 6.45) is 1.48. The van der Waals surface area contributed by atoms with Gasteiger partial charge < -0.3 is 9.88 Å². The minimum absolute atomic E-state index is 0.147. The number of anilines is 1. The molecule has 1 aliphatic carbocycles. The van der Waals surface area contributed by atoms with Crippen LogP contribution in [0.1, 0.15) is 39.0 Å². The van der Waals surface area contributed by atoms with Gasteiger partial charge in [-0.05, 0) is 44.6 Å². The third kappa shape index (κ3) is 5.61. The van der Waals surface area contributed by atoms with Crippen molar-refractivity contribution in [3.63, 3.8) is 0 Å². The van der Waals surface area contributed by atoms with Crippen LogP contribution in [0.2, 0.25) is 0 Å². The Kier molecular flexibility index (Phi) is 6.70. The summed E-state index contributed by atoms with van der Waals surface area (Å²) in [6.45, 7) is 2.01. The van der Waals surface area contributed by atoms with Gasteiger partial charge in [0, 0.05) is 47.1 Å². The lowest BCUT2D eigenvalue weighted by Crippen LogP contribution is -2.37. The molecule has 1 unspecified atom stereocenters. The Labute approximate surface area is 169 Å². The molecule has 1 saturated carbocycles. The average Bonchev–Trinajstić information content (AvgIpc) is 3.15. The van der Waals surface area contributed by atoms with Crippen LogP contribution in [0.5, 0.6) is 0 Å². The number of halogens is 3. The summed E-state index contributed by atoms with van der Waals surface area (Å²) in [7, 11) is -0.804. The molecule has 162 valence electrons. The van der Waals surface area contributed by atoms with Crippen molar-refractivity contribution in [1.82, 2.24) is 15.0 Å². The maximum atomic E-state index is 13.0. The maximum absolute atomic E-state index is 13.0. The monoisotopic (exact) mass is 431 g/mol. The summed E-state index contributed by atoms with van der Waals surface area (Å²) >= 11 is 0. The second kappa shape index (κ2) is 8.89. The summed E-state index contributed by atoms with van der Waals surface area (Å²) in [5, 5.41) is 0.967. The zero-order valence-electron chi connectivity index (χ0n) is 16.8. The van der Waals surface area contributed by atoms with E-state index in [9.17, 15) is 17.4 Å². The lowest BCUT2D eigenvalue weighted by Gasteiger charge is -2.35. The first-order chi connectivity index (χ1) is 13.7. The van der Waals surface area contributed by atoms with Gasteiger partial charge in [0.2, 0.25) is 0 Å². The van der Waals surface area contributed by atoms with Crippen molar-refractivity contribution in [3.8, 4) is 0 Å². The van der Waals surface area contributed by atoms with E-state index in [2.05, 4.69) is 24.2 Å². The van der Waals surface area contributed by atoms with Crippen LogP contribution in [-0.4, -0.2) is 56.5 Å². The summed E-state index contributed by atoms with van der Waals surface area (Å²) in [5.74, 6) is 0.891. The summed E-state index contributed by atoms with van der Waals surface area (Å²) in [4.78, 5) is 13.9. The molecule has 6 nitrogen and oxygen atoms in total. The molecular formula is C19H28F3N5OS. The topological polar surface area (TPSA) is 74.2 Å². The zero-order chi connectivity index (χ0) is 21.1. The molecule has 10 heteroatoms. The Hall–Kier alpha value is -1.84. The first-order valence-electron chi connectivity index (χ1n) is 9.96. The molecule has 0 aliphatic heterocycles. The predicted octanol–water partition coefficient (Wildman–Crippen LogP) is 4.39. The molecule has 0 spiro atoms. The van der Waals surface area contributed by atoms with Crippen molar-refractivity contribution in [2.24, 2.45) is 10.3 Å². The minimum atomic E-state index is -4.30. The highest BCUT2D eigenvalue weighted by Gasteiger charge is 2.32. The highest BCUT2D eigenvalue weighted by Crippen LogP contribution is 2.33. The number of alkyl halides is 3. The highest BCUT2D eigenvalue weighted by molar-refractivity contribution is 7.93. The van der Waals surface area contributed by atoms with E-state index >= 15 is 0 Å². The number of aromatic nitrogens is 3. The lowest BCUT2D eigenvalue weighted by molar-refractivity contribution is -0.129. The largest absolute Gasteiger partial charge is 0.390 e. The number of rotatable bonds is 7. The van der Waals surface area contributed by atoms with Crippen LogP contribution >= 0.6 is 0 Å². The van der Waals surface area contributed by atoms with Crippen molar-refractivity contribution in [3.05, 3.63) is 18.6 Å². The van der Waals surface area contributed by atoms with Crippen molar-refractivity contribution >= 4 is 26.6 Å². The molecule has 0 aromatic carbocycles. The smallest absolute Gasteiger partial charge is 0.356 e. The van der Waals surface area contributed by atoms with Crippen molar-refractivity contribution in [2.75, 3.05) is 30.0 Å². The number of fused-ring (bicyclic) bond motifs is 1. The molecule has 2 aromatic heterocycles. The fourth-order valence-corrected chi connectivity index (χ4v) is 6.58. The van der Waals surface area contributed by atoms with E-state index in [4.69, 9.17) is 0 Å². The first kappa shape index (κ1) is 21.9. The second-order valence-electron chi connectivity index (χ2n) is 7.68. The van der Waals surface area contributed by atoms with Gasteiger partial charge in [-0.25, -0.2) is 18.5 Å². The normalized spacial score (nSPS) is 22.4. The Morgan fingerprint density at radius 2 is 2.00 bits per heavy atom. The van der Waals surface area contributed by atoms with Crippen LogP contribution in [0.3, 0.4) is 0 Å². The number of nitrogens with one attached hydrogen (secondary N) is 1. The quantitative estimate of drug-likeness (QED) is 0.705. The third-order valence-corrected chi connectivity index (χ3v) is 8.16. The van der Waals surface area contributed by atoms with Gasteiger partial charge >= 0.3 is 6.18 Å². The molecule has 1 aliphatic rings. The number of H-pyrrole nitrogens is 1. The van der Waals surface area contributed by atoms with Gasteiger partial charge in [-0.15, -0.1) is 0 Å². The van der Waals surface area contributed by atoms with Gasteiger partial charge in [-0.2, -0.15) is 13.2 Å². The van der Waals surface area contributed by atoms with Gasteiger partial charge in [0.25, 0.3) is 0 Å². The van der Waals surface area contributed by atoms with Crippen LogP contribution in [-0.2, 0) is 9.73 Å². The third-order valence-electron chi connectivity index (χ3n) is 5.60. The van der Waals surface area contributed by atoms with Crippen molar-refractivity contribution in [1.29, 1.82) is 0 Å². The number of aromatic amines is 1. The Morgan fingerprint density at radius 3 is 2.66 bits per heavy atom. The summed E-state index contributed by atoms with van der Waals surface area (Å²) in [6, 6.07) is 2.24.